The van der Waals surface area contributed by atoms with Gasteiger partial charge >= 0.3 is 11.9 Å². The number of aromatic hydroxyl groups is 1. The van der Waals surface area contributed by atoms with Crippen molar-refractivity contribution in [3.63, 3.8) is 0 Å². The molecule has 1 aromatic rings. The highest BCUT2D eigenvalue weighted by Gasteiger charge is 2.32. The number of carboxylic acid groups (broad SMARTS) is 2. The topological polar surface area (TPSA) is 251 Å². The van der Waals surface area contributed by atoms with E-state index in [-0.39, 0.29) is 18.1 Å². The lowest BCUT2D eigenvalue weighted by molar-refractivity contribution is -0.143. The number of phenols is 1. The quantitative estimate of drug-likeness (QED) is 0.128. The van der Waals surface area contributed by atoms with E-state index in [1.807, 2.05) is 0 Å². The number of aliphatic carboxylic acids is 2. The molecule has 0 aliphatic heterocycles. The van der Waals surface area contributed by atoms with Crippen molar-refractivity contribution in [3.8, 4) is 5.75 Å². The van der Waals surface area contributed by atoms with Crippen molar-refractivity contribution in [3.05, 3.63) is 29.8 Å². The molecule has 0 fully saturated rings. The summed E-state index contributed by atoms with van der Waals surface area (Å²) in [7, 11) is 0. The fraction of sp³-hybridized carbons (Fsp3) is 0.478. The van der Waals surface area contributed by atoms with Gasteiger partial charge in [-0.1, -0.05) is 26.0 Å². The number of phenolic OH excluding ortho intramolecular Hbond substituents is 1. The van der Waals surface area contributed by atoms with Crippen molar-refractivity contribution in [1.29, 1.82) is 0 Å². The van der Waals surface area contributed by atoms with Gasteiger partial charge in [0.05, 0.1) is 12.5 Å². The van der Waals surface area contributed by atoms with Gasteiger partial charge in [0.25, 0.3) is 0 Å². The van der Waals surface area contributed by atoms with Crippen molar-refractivity contribution in [1.82, 2.24) is 16.0 Å². The number of carbonyl (C=O) groups excluding carboxylic acids is 4. The van der Waals surface area contributed by atoms with E-state index in [2.05, 4.69) is 16.0 Å². The lowest BCUT2D eigenvalue weighted by atomic mass is 10.0. The first-order valence-corrected chi connectivity index (χ1v) is 11.4. The van der Waals surface area contributed by atoms with Crippen molar-refractivity contribution < 1.29 is 44.1 Å². The predicted octanol–water partition coefficient (Wildman–Crippen LogP) is -1.80. The zero-order chi connectivity index (χ0) is 28.3. The van der Waals surface area contributed by atoms with E-state index in [9.17, 15) is 39.0 Å². The number of nitrogens with two attached hydrogens (primary N) is 2. The van der Waals surface area contributed by atoms with Crippen LogP contribution in [-0.4, -0.2) is 75.1 Å². The number of carboxylic acids is 2. The number of primary amides is 1. The molecule has 1 aromatic carbocycles. The van der Waals surface area contributed by atoms with Gasteiger partial charge in [0.2, 0.25) is 23.6 Å². The number of amides is 4. The molecule has 0 bridgehead atoms. The first-order chi connectivity index (χ1) is 17.2. The van der Waals surface area contributed by atoms with Crippen LogP contribution in [0.2, 0.25) is 0 Å². The molecular formula is C23H33N5O9. The number of nitrogens with one attached hydrogen (secondary N) is 3. The summed E-state index contributed by atoms with van der Waals surface area (Å²) in [4.78, 5) is 72.4. The highest BCUT2D eigenvalue weighted by molar-refractivity contribution is 5.96. The minimum absolute atomic E-state index is 0.0388. The van der Waals surface area contributed by atoms with Crippen molar-refractivity contribution in [2.45, 2.75) is 63.7 Å². The number of benzene rings is 1. The Kier molecular flexibility index (Phi) is 12.0. The Balaban J connectivity index is 3.07. The van der Waals surface area contributed by atoms with Crippen LogP contribution in [0.4, 0.5) is 0 Å². The number of hydrogen-bond acceptors (Lipinski definition) is 8. The highest BCUT2D eigenvalue weighted by atomic mass is 16.4. The van der Waals surface area contributed by atoms with Gasteiger partial charge < -0.3 is 42.7 Å². The molecule has 14 heteroatoms. The van der Waals surface area contributed by atoms with Crippen LogP contribution in [0.5, 0.6) is 5.75 Å². The summed E-state index contributed by atoms with van der Waals surface area (Å²) in [6, 6.07) is 0.102. The molecule has 0 heterocycles. The van der Waals surface area contributed by atoms with Gasteiger partial charge in [-0.05, 0) is 30.0 Å². The molecule has 4 unspecified atom stereocenters. The molecule has 0 aromatic heterocycles. The summed E-state index contributed by atoms with van der Waals surface area (Å²) in [5.74, 6) is -6.71. The summed E-state index contributed by atoms with van der Waals surface area (Å²) in [5.41, 5.74) is 11.4. The molecule has 0 spiro atoms. The lowest BCUT2D eigenvalue weighted by Crippen LogP contribution is -2.58. The van der Waals surface area contributed by atoms with Crippen LogP contribution in [0.1, 0.15) is 38.7 Å². The Hall–Kier alpha value is -4.20. The van der Waals surface area contributed by atoms with Gasteiger partial charge in [-0.2, -0.15) is 0 Å². The maximum absolute atomic E-state index is 12.9. The zero-order valence-electron chi connectivity index (χ0n) is 20.5. The fourth-order valence-corrected chi connectivity index (χ4v) is 3.13. The number of hydrogen-bond donors (Lipinski definition) is 8. The largest absolute Gasteiger partial charge is 0.508 e. The van der Waals surface area contributed by atoms with Crippen molar-refractivity contribution in [2.24, 2.45) is 17.4 Å². The van der Waals surface area contributed by atoms with E-state index < -0.39 is 79.0 Å². The smallest absolute Gasteiger partial charge is 0.326 e. The van der Waals surface area contributed by atoms with Crippen LogP contribution < -0.4 is 27.4 Å². The second-order valence-corrected chi connectivity index (χ2v) is 8.76. The van der Waals surface area contributed by atoms with Crippen molar-refractivity contribution in [2.75, 3.05) is 0 Å². The lowest BCUT2D eigenvalue weighted by Gasteiger charge is -2.25. The van der Waals surface area contributed by atoms with Crippen molar-refractivity contribution >= 4 is 35.6 Å². The van der Waals surface area contributed by atoms with Gasteiger partial charge in [-0.25, -0.2) is 4.79 Å². The van der Waals surface area contributed by atoms with E-state index in [0.29, 0.717) is 5.56 Å². The van der Waals surface area contributed by atoms with Gasteiger partial charge in [0.15, 0.2) is 0 Å². The van der Waals surface area contributed by atoms with Crippen LogP contribution in [0, 0.1) is 5.92 Å². The Morgan fingerprint density at radius 2 is 1.35 bits per heavy atom. The Labute approximate surface area is 212 Å². The van der Waals surface area contributed by atoms with E-state index >= 15 is 0 Å². The van der Waals surface area contributed by atoms with E-state index in [1.165, 1.54) is 24.3 Å². The second kappa shape index (κ2) is 14.4. The van der Waals surface area contributed by atoms with Gasteiger partial charge in [-0.3, -0.25) is 24.0 Å². The molecule has 0 radical (unpaired) electrons. The van der Waals surface area contributed by atoms with Gasteiger partial charge in [-0.15, -0.1) is 0 Å². The van der Waals surface area contributed by atoms with Crippen LogP contribution in [0.15, 0.2) is 24.3 Å². The molecule has 1 rings (SSSR count). The van der Waals surface area contributed by atoms with Crippen LogP contribution in [0.3, 0.4) is 0 Å². The highest BCUT2D eigenvalue weighted by Crippen LogP contribution is 2.12. The second-order valence-electron chi connectivity index (χ2n) is 8.76. The minimum Gasteiger partial charge on any atom is -0.508 e. The van der Waals surface area contributed by atoms with Gasteiger partial charge in [0, 0.05) is 12.8 Å². The zero-order valence-corrected chi connectivity index (χ0v) is 20.5. The summed E-state index contributed by atoms with van der Waals surface area (Å²) in [6.07, 6.45) is -1.77. The normalized spacial score (nSPS) is 14.1. The Morgan fingerprint density at radius 1 is 0.838 bits per heavy atom. The number of rotatable bonds is 15. The van der Waals surface area contributed by atoms with Crippen LogP contribution >= 0.6 is 0 Å². The molecule has 14 nitrogen and oxygen atoms in total. The first kappa shape index (κ1) is 30.8. The first-order valence-electron chi connectivity index (χ1n) is 11.4. The minimum atomic E-state index is -1.52. The summed E-state index contributed by atoms with van der Waals surface area (Å²) in [6.45, 7) is 3.33. The van der Waals surface area contributed by atoms with Gasteiger partial charge in [0.1, 0.15) is 23.9 Å². The molecule has 0 aliphatic rings. The molecule has 4 atom stereocenters. The number of carbonyl (C=O) groups is 6. The summed E-state index contributed by atoms with van der Waals surface area (Å²) < 4.78 is 0. The van der Waals surface area contributed by atoms with Crippen LogP contribution in [0.25, 0.3) is 0 Å². The molecule has 0 saturated carbocycles. The summed E-state index contributed by atoms with van der Waals surface area (Å²) >= 11 is 0. The maximum Gasteiger partial charge on any atom is 0.326 e. The molecule has 10 N–H and O–H groups in total. The molecule has 0 saturated heterocycles. The molecule has 0 aliphatic carbocycles. The maximum atomic E-state index is 12.9. The monoisotopic (exact) mass is 523 g/mol. The average Bonchev–Trinajstić information content (AvgIpc) is 2.80. The molecular weight excluding hydrogens is 490 g/mol. The van der Waals surface area contributed by atoms with Crippen LogP contribution in [-0.2, 0) is 35.2 Å². The SMILES string of the molecule is CC(C)C(N)C(=O)NC(CC(N)=O)C(=O)NC(CCC(=O)O)C(=O)NC(Cc1ccc(O)cc1)C(=O)O. The predicted molar refractivity (Wildman–Crippen MR) is 129 cm³/mol. The molecule has 4 amide bonds. The van der Waals surface area contributed by atoms with E-state index in [4.69, 9.17) is 16.6 Å². The van der Waals surface area contributed by atoms with E-state index in [0.717, 1.165) is 0 Å². The Morgan fingerprint density at radius 3 is 1.84 bits per heavy atom. The molecule has 37 heavy (non-hydrogen) atoms. The standard InChI is InChI=1S/C23H33N5O9/c1-11(2)19(25)22(35)27-15(10-17(24)30)21(34)26-14(7-8-18(31)32)20(33)28-16(23(36)37)9-12-3-5-13(29)6-4-12/h3-6,11,14-16,19,29H,7-10,25H2,1-2H3,(H2,24,30)(H,26,34)(H,27,35)(H,28,33)(H,31,32)(H,36,37). The Bertz CT molecular complexity index is 997. The third-order valence-electron chi connectivity index (χ3n) is 5.33. The fourth-order valence-electron chi connectivity index (χ4n) is 3.13. The summed E-state index contributed by atoms with van der Waals surface area (Å²) in [5, 5.41) is 34.8. The average molecular weight is 524 g/mol. The third kappa shape index (κ3) is 10.9. The third-order valence-corrected chi connectivity index (χ3v) is 5.33. The molecule has 204 valence electrons. The van der Waals surface area contributed by atoms with E-state index in [1.54, 1.807) is 13.8 Å².